The van der Waals surface area contributed by atoms with Gasteiger partial charge in [-0.25, -0.2) is 9.59 Å². The summed E-state index contributed by atoms with van der Waals surface area (Å²) in [6.45, 7) is 2.32. The number of amides is 2. The molecule has 2 aliphatic rings. The van der Waals surface area contributed by atoms with Crippen molar-refractivity contribution in [3.63, 3.8) is 0 Å². The van der Waals surface area contributed by atoms with Gasteiger partial charge in [-0.1, -0.05) is 0 Å². The Morgan fingerprint density at radius 1 is 1.12 bits per heavy atom. The maximum atomic E-state index is 12.3. The van der Waals surface area contributed by atoms with Gasteiger partial charge in [0.25, 0.3) is 0 Å². The van der Waals surface area contributed by atoms with Gasteiger partial charge in [-0.05, 0) is 24.3 Å². The van der Waals surface area contributed by atoms with Crippen LogP contribution >= 0.6 is 0 Å². The molecular formula is C17H19N3O4. The third kappa shape index (κ3) is 3.43. The van der Waals surface area contributed by atoms with Crippen molar-refractivity contribution in [1.82, 2.24) is 9.80 Å². The van der Waals surface area contributed by atoms with Crippen molar-refractivity contribution in [3.05, 3.63) is 29.8 Å². The highest BCUT2D eigenvalue weighted by atomic mass is 16.5. The average Bonchev–Trinajstić information content (AvgIpc) is 2.55. The second-order valence-electron chi connectivity index (χ2n) is 6.15. The highest BCUT2D eigenvalue weighted by molar-refractivity contribution is 5.87. The minimum atomic E-state index is -0.960. The second-order valence-corrected chi connectivity index (χ2v) is 6.15. The van der Waals surface area contributed by atoms with Crippen LogP contribution in [0.3, 0.4) is 0 Å². The van der Waals surface area contributed by atoms with E-state index in [1.165, 1.54) is 12.1 Å². The van der Waals surface area contributed by atoms with E-state index >= 15 is 0 Å². The smallest absolute Gasteiger partial charge is 0.335 e. The van der Waals surface area contributed by atoms with Gasteiger partial charge in [0.2, 0.25) is 0 Å². The first kappa shape index (κ1) is 16.1. The van der Waals surface area contributed by atoms with Gasteiger partial charge in [0.15, 0.2) is 0 Å². The van der Waals surface area contributed by atoms with Gasteiger partial charge in [-0.3, -0.25) is 0 Å². The van der Waals surface area contributed by atoms with Crippen molar-refractivity contribution >= 4 is 12.0 Å². The van der Waals surface area contributed by atoms with Crippen LogP contribution in [0.2, 0.25) is 0 Å². The first-order valence-electron chi connectivity index (χ1n) is 8.00. The van der Waals surface area contributed by atoms with E-state index in [2.05, 4.69) is 6.07 Å². The van der Waals surface area contributed by atoms with Crippen LogP contribution in [0.1, 0.15) is 23.2 Å². The van der Waals surface area contributed by atoms with Crippen LogP contribution in [0.15, 0.2) is 24.3 Å². The van der Waals surface area contributed by atoms with E-state index in [1.54, 1.807) is 21.9 Å². The number of nitrogens with zero attached hydrogens (tertiary/aromatic N) is 3. The van der Waals surface area contributed by atoms with E-state index in [4.69, 9.17) is 15.1 Å². The van der Waals surface area contributed by atoms with Gasteiger partial charge >= 0.3 is 12.0 Å². The van der Waals surface area contributed by atoms with Gasteiger partial charge in [-0.2, -0.15) is 5.26 Å². The number of ether oxygens (including phenoxy) is 1. The lowest BCUT2D eigenvalue weighted by atomic mass is 10.0. The molecule has 0 bridgehead atoms. The maximum absolute atomic E-state index is 12.3. The summed E-state index contributed by atoms with van der Waals surface area (Å²) in [5, 5.41) is 17.6. The predicted molar refractivity (Wildman–Crippen MR) is 84.7 cm³/mol. The molecule has 3 rings (SSSR count). The lowest BCUT2D eigenvalue weighted by Crippen LogP contribution is -2.56. The molecule has 1 N–H and O–H groups in total. The number of carboxylic acids is 1. The van der Waals surface area contributed by atoms with E-state index in [-0.39, 0.29) is 23.6 Å². The van der Waals surface area contributed by atoms with Gasteiger partial charge in [0.05, 0.1) is 17.6 Å². The molecule has 7 heteroatoms. The molecule has 1 aromatic carbocycles. The standard InChI is InChI=1S/C17H19N3O4/c18-9-12-10-20(11-12)17(23)19-7-5-15(6-8-19)24-14-3-1-13(2-4-14)16(21)22/h1-4,12,15H,5-8,10-11H2,(H,21,22). The zero-order chi connectivity index (χ0) is 17.1. The fourth-order valence-corrected chi connectivity index (χ4v) is 2.95. The number of rotatable bonds is 3. The first-order valence-corrected chi connectivity index (χ1v) is 8.00. The topological polar surface area (TPSA) is 93.9 Å². The van der Waals surface area contributed by atoms with E-state index in [0.29, 0.717) is 31.9 Å². The Bertz CT molecular complexity index is 653. The van der Waals surface area contributed by atoms with Crippen molar-refractivity contribution in [3.8, 4) is 11.8 Å². The Kier molecular flexibility index (Phi) is 4.56. The number of carboxylic acid groups (broad SMARTS) is 1. The zero-order valence-electron chi connectivity index (χ0n) is 13.2. The minimum absolute atomic E-state index is 0.00533. The number of urea groups is 1. The Hall–Kier alpha value is -2.75. The number of piperidine rings is 1. The summed E-state index contributed by atoms with van der Waals surface area (Å²) < 4.78 is 5.87. The molecule has 0 unspecified atom stereocenters. The van der Waals surface area contributed by atoms with Crippen LogP contribution in [0.5, 0.6) is 5.75 Å². The average molecular weight is 329 g/mol. The second kappa shape index (κ2) is 6.79. The summed E-state index contributed by atoms with van der Waals surface area (Å²) in [5.41, 5.74) is 0.230. The van der Waals surface area contributed by atoms with Crippen molar-refractivity contribution in [2.75, 3.05) is 26.2 Å². The summed E-state index contributed by atoms with van der Waals surface area (Å²) in [5.74, 6) is -0.342. The monoisotopic (exact) mass is 329 g/mol. The minimum Gasteiger partial charge on any atom is -0.490 e. The molecule has 0 saturated carbocycles. The Morgan fingerprint density at radius 2 is 1.75 bits per heavy atom. The van der Waals surface area contributed by atoms with Crippen molar-refractivity contribution in [1.29, 1.82) is 5.26 Å². The third-order valence-corrected chi connectivity index (χ3v) is 4.45. The first-order chi connectivity index (χ1) is 11.6. The highest BCUT2D eigenvalue weighted by Gasteiger charge is 2.34. The quantitative estimate of drug-likeness (QED) is 0.912. The summed E-state index contributed by atoms with van der Waals surface area (Å²) in [6, 6.07) is 8.52. The SMILES string of the molecule is N#CC1CN(C(=O)N2CCC(Oc3ccc(C(=O)O)cc3)CC2)C1. The largest absolute Gasteiger partial charge is 0.490 e. The number of carbonyl (C=O) groups excluding carboxylic acids is 1. The summed E-state index contributed by atoms with van der Waals surface area (Å²) in [4.78, 5) is 26.6. The fourth-order valence-electron chi connectivity index (χ4n) is 2.95. The fraction of sp³-hybridized carbons (Fsp3) is 0.471. The number of benzene rings is 1. The van der Waals surface area contributed by atoms with E-state index < -0.39 is 5.97 Å². The molecule has 1 aromatic rings. The lowest BCUT2D eigenvalue weighted by molar-refractivity contribution is 0.0697. The lowest BCUT2D eigenvalue weighted by Gasteiger charge is -2.41. The molecule has 24 heavy (non-hydrogen) atoms. The van der Waals surface area contributed by atoms with E-state index in [1.807, 2.05) is 0 Å². The molecule has 2 aliphatic heterocycles. The number of aromatic carboxylic acids is 1. The molecular weight excluding hydrogens is 310 g/mol. The van der Waals surface area contributed by atoms with Crippen molar-refractivity contribution < 1.29 is 19.4 Å². The molecule has 0 aliphatic carbocycles. The molecule has 2 heterocycles. The molecule has 0 spiro atoms. The predicted octanol–water partition coefficient (Wildman–Crippen LogP) is 1.80. The summed E-state index contributed by atoms with van der Waals surface area (Å²) in [6.07, 6.45) is 1.50. The number of hydrogen-bond donors (Lipinski definition) is 1. The van der Waals surface area contributed by atoms with E-state index in [0.717, 1.165) is 12.8 Å². The van der Waals surface area contributed by atoms with Crippen LogP contribution in [0, 0.1) is 17.2 Å². The maximum Gasteiger partial charge on any atom is 0.335 e. The number of likely N-dealkylation sites (tertiary alicyclic amines) is 2. The highest BCUT2D eigenvalue weighted by Crippen LogP contribution is 2.22. The van der Waals surface area contributed by atoms with Gasteiger partial charge in [0.1, 0.15) is 11.9 Å². The molecule has 2 saturated heterocycles. The normalized spacial score (nSPS) is 18.6. The van der Waals surface area contributed by atoms with Crippen molar-refractivity contribution in [2.45, 2.75) is 18.9 Å². The van der Waals surface area contributed by atoms with Crippen LogP contribution in [-0.4, -0.2) is 59.2 Å². The molecule has 0 atom stereocenters. The zero-order valence-corrected chi connectivity index (χ0v) is 13.2. The molecule has 7 nitrogen and oxygen atoms in total. The number of carbonyl (C=O) groups is 2. The van der Waals surface area contributed by atoms with Crippen molar-refractivity contribution in [2.24, 2.45) is 5.92 Å². The van der Waals surface area contributed by atoms with Crippen LogP contribution in [-0.2, 0) is 0 Å². The van der Waals surface area contributed by atoms with Gasteiger partial charge < -0.3 is 19.6 Å². The molecule has 2 amide bonds. The molecule has 0 aromatic heterocycles. The summed E-state index contributed by atoms with van der Waals surface area (Å²) in [7, 11) is 0. The molecule has 0 radical (unpaired) electrons. The van der Waals surface area contributed by atoms with Crippen LogP contribution in [0.4, 0.5) is 4.79 Å². The third-order valence-electron chi connectivity index (χ3n) is 4.45. The molecule has 2 fully saturated rings. The number of hydrogen-bond acceptors (Lipinski definition) is 4. The Balaban J connectivity index is 1.46. The summed E-state index contributed by atoms with van der Waals surface area (Å²) >= 11 is 0. The number of nitriles is 1. The van der Waals surface area contributed by atoms with E-state index in [9.17, 15) is 9.59 Å². The molecule has 126 valence electrons. The van der Waals surface area contributed by atoms with Crippen LogP contribution < -0.4 is 4.74 Å². The van der Waals surface area contributed by atoms with Crippen LogP contribution in [0.25, 0.3) is 0 Å². The van der Waals surface area contributed by atoms with Gasteiger partial charge in [-0.15, -0.1) is 0 Å². The Labute approximate surface area is 140 Å². The Morgan fingerprint density at radius 3 is 2.29 bits per heavy atom. The van der Waals surface area contributed by atoms with Gasteiger partial charge in [0, 0.05) is 39.0 Å².